The Morgan fingerprint density at radius 3 is 2.09 bits per heavy atom. The lowest BCUT2D eigenvalue weighted by molar-refractivity contribution is -0.128. The van der Waals surface area contributed by atoms with Crippen molar-refractivity contribution >= 4 is 21.6 Å². The van der Waals surface area contributed by atoms with Gasteiger partial charge in [-0.05, 0) is 23.6 Å². The van der Waals surface area contributed by atoms with Gasteiger partial charge >= 0.3 is 0 Å². The Kier molecular flexibility index (Phi) is 6.22. The second-order valence-corrected chi connectivity index (χ2v) is 8.99. The lowest BCUT2D eigenvalue weighted by atomic mass is 9.96. The van der Waals surface area contributed by atoms with E-state index in [9.17, 15) is 13.2 Å². The molecule has 0 heterocycles. The second-order valence-electron chi connectivity index (χ2n) is 7.09. The molecule has 0 atom stereocenters. The summed E-state index contributed by atoms with van der Waals surface area (Å²) in [4.78, 5) is 11.9. The Labute approximate surface area is 140 Å². The van der Waals surface area contributed by atoms with Gasteiger partial charge in [0.25, 0.3) is 0 Å². The second kappa shape index (κ2) is 7.34. The van der Waals surface area contributed by atoms with Crippen molar-refractivity contribution in [3.05, 3.63) is 29.8 Å². The number of rotatable bonds is 6. The maximum atomic E-state index is 12.0. The molecule has 0 unspecified atom stereocenters. The number of benzene rings is 1. The van der Waals surface area contributed by atoms with E-state index in [4.69, 9.17) is 0 Å². The number of hydrogen-bond donors (Lipinski definition) is 1. The van der Waals surface area contributed by atoms with E-state index in [1.165, 1.54) is 10.6 Å². The Morgan fingerprint density at radius 1 is 1.17 bits per heavy atom. The fourth-order valence-corrected chi connectivity index (χ4v) is 2.98. The van der Waals surface area contributed by atoms with Gasteiger partial charge in [-0.25, -0.2) is 8.42 Å². The molecule has 0 aromatic heterocycles. The van der Waals surface area contributed by atoms with E-state index in [0.29, 0.717) is 11.6 Å². The third-order valence-corrected chi connectivity index (χ3v) is 4.72. The topological polar surface area (TPSA) is 66.5 Å². The first kappa shape index (κ1) is 19.5. The van der Waals surface area contributed by atoms with Crippen LogP contribution in [0.5, 0.6) is 0 Å². The van der Waals surface area contributed by atoms with Crippen molar-refractivity contribution in [3.8, 4) is 0 Å². The van der Waals surface area contributed by atoms with Crippen LogP contribution in [0.2, 0.25) is 0 Å². The quantitative estimate of drug-likeness (QED) is 0.866. The van der Waals surface area contributed by atoms with E-state index in [-0.39, 0.29) is 19.0 Å². The Balaban J connectivity index is 2.84. The van der Waals surface area contributed by atoms with E-state index in [1.807, 2.05) is 45.0 Å². The molecule has 0 radical (unpaired) electrons. The van der Waals surface area contributed by atoms with Gasteiger partial charge in [-0.15, -0.1) is 0 Å². The summed E-state index contributed by atoms with van der Waals surface area (Å²) >= 11 is 0. The van der Waals surface area contributed by atoms with E-state index in [0.717, 1.165) is 5.56 Å². The smallest absolute Gasteiger partial charge is 0.232 e. The highest BCUT2D eigenvalue weighted by atomic mass is 32.2. The van der Waals surface area contributed by atoms with Gasteiger partial charge in [-0.2, -0.15) is 0 Å². The largest absolute Gasteiger partial charge is 0.354 e. The van der Waals surface area contributed by atoms with Crippen molar-refractivity contribution < 1.29 is 13.2 Å². The molecule has 6 heteroatoms. The zero-order chi connectivity index (χ0) is 17.8. The van der Waals surface area contributed by atoms with Crippen LogP contribution in [-0.4, -0.2) is 33.7 Å². The minimum atomic E-state index is -3.40. The average Bonchev–Trinajstić information content (AvgIpc) is 2.41. The van der Waals surface area contributed by atoms with Crippen LogP contribution in [-0.2, 0) is 14.8 Å². The van der Waals surface area contributed by atoms with Crippen molar-refractivity contribution in [1.82, 2.24) is 5.32 Å². The van der Waals surface area contributed by atoms with Gasteiger partial charge in [0.2, 0.25) is 15.9 Å². The van der Waals surface area contributed by atoms with Gasteiger partial charge in [-0.1, -0.05) is 46.8 Å². The number of nitrogens with zero attached hydrogens (tertiary/aromatic N) is 1. The van der Waals surface area contributed by atoms with Crippen LogP contribution < -0.4 is 9.62 Å². The Bertz CT molecular complexity index is 629. The zero-order valence-electron chi connectivity index (χ0n) is 14.9. The molecule has 5 nitrogen and oxygen atoms in total. The molecule has 0 aliphatic carbocycles. The third kappa shape index (κ3) is 5.86. The van der Waals surface area contributed by atoms with Crippen LogP contribution in [0.25, 0.3) is 0 Å². The van der Waals surface area contributed by atoms with Gasteiger partial charge in [0.1, 0.15) is 0 Å². The van der Waals surface area contributed by atoms with E-state index >= 15 is 0 Å². The Hall–Kier alpha value is -1.56. The van der Waals surface area contributed by atoms with Crippen LogP contribution in [0.4, 0.5) is 5.69 Å². The fraction of sp³-hybridized carbons (Fsp3) is 0.588. The summed E-state index contributed by atoms with van der Waals surface area (Å²) in [7, 11) is -3.40. The summed E-state index contributed by atoms with van der Waals surface area (Å²) in [6, 6.07) is 7.49. The number of amides is 1. The summed E-state index contributed by atoms with van der Waals surface area (Å²) in [5.41, 5.74) is 1.28. The molecule has 0 bridgehead atoms. The lowest BCUT2D eigenvalue weighted by Gasteiger charge is -2.24. The van der Waals surface area contributed by atoms with Crippen molar-refractivity contribution in [2.45, 2.75) is 40.5 Å². The normalized spacial score (nSPS) is 12.3. The summed E-state index contributed by atoms with van der Waals surface area (Å²) in [6.07, 6.45) is 1.18. The number of sulfonamides is 1. The molecule has 130 valence electrons. The van der Waals surface area contributed by atoms with Gasteiger partial charge in [0.15, 0.2) is 0 Å². The molecule has 23 heavy (non-hydrogen) atoms. The molecule has 0 saturated carbocycles. The van der Waals surface area contributed by atoms with Crippen molar-refractivity contribution in [2.75, 3.05) is 23.7 Å². The van der Waals surface area contributed by atoms with Gasteiger partial charge in [0.05, 0.1) is 18.5 Å². The monoisotopic (exact) mass is 340 g/mol. The van der Waals surface area contributed by atoms with Crippen molar-refractivity contribution in [2.24, 2.45) is 5.41 Å². The molecule has 1 aromatic rings. The van der Waals surface area contributed by atoms with E-state index in [1.54, 1.807) is 0 Å². The standard InChI is InChI=1S/C17H28N2O3S/c1-13(2)14-7-9-15(10-8-14)19(23(6,21)22)12-11-18-16(20)17(3,4)5/h7-10,13H,11-12H2,1-6H3,(H,18,20). The molecule has 1 aromatic carbocycles. The number of anilines is 1. The maximum Gasteiger partial charge on any atom is 0.232 e. The summed E-state index contributed by atoms with van der Waals surface area (Å²) < 4.78 is 25.4. The van der Waals surface area contributed by atoms with Crippen LogP contribution in [0.3, 0.4) is 0 Å². The molecule has 0 saturated heterocycles. The highest BCUT2D eigenvalue weighted by molar-refractivity contribution is 7.92. The van der Waals surface area contributed by atoms with E-state index in [2.05, 4.69) is 19.2 Å². The van der Waals surface area contributed by atoms with Gasteiger partial charge in [-0.3, -0.25) is 9.10 Å². The molecule has 1 amide bonds. The molecule has 0 aliphatic heterocycles. The lowest BCUT2D eigenvalue weighted by Crippen LogP contribution is -2.41. The first-order chi connectivity index (χ1) is 10.4. The van der Waals surface area contributed by atoms with Gasteiger partial charge in [0, 0.05) is 12.0 Å². The average molecular weight is 340 g/mol. The van der Waals surface area contributed by atoms with Crippen molar-refractivity contribution in [1.29, 1.82) is 0 Å². The molecular formula is C17H28N2O3S. The number of carbonyl (C=O) groups excluding carboxylic acids is 1. The van der Waals surface area contributed by atoms with Crippen LogP contribution in [0, 0.1) is 5.41 Å². The first-order valence-corrected chi connectivity index (χ1v) is 9.63. The molecule has 1 rings (SSSR count). The minimum absolute atomic E-state index is 0.0962. The number of nitrogens with one attached hydrogen (secondary N) is 1. The maximum absolute atomic E-state index is 12.0. The number of hydrogen-bond acceptors (Lipinski definition) is 3. The van der Waals surface area contributed by atoms with Crippen LogP contribution in [0.1, 0.15) is 46.1 Å². The van der Waals surface area contributed by atoms with Gasteiger partial charge < -0.3 is 5.32 Å². The Morgan fingerprint density at radius 2 is 1.70 bits per heavy atom. The van der Waals surface area contributed by atoms with Crippen molar-refractivity contribution in [3.63, 3.8) is 0 Å². The number of carbonyl (C=O) groups is 1. The molecule has 0 aliphatic rings. The molecule has 1 N–H and O–H groups in total. The predicted octanol–water partition coefficient (Wildman–Crippen LogP) is 2.74. The summed E-state index contributed by atoms with van der Waals surface area (Å²) in [5.74, 6) is 0.294. The highest BCUT2D eigenvalue weighted by Crippen LogP contribution is 2.21. The molecule has 0 spiro atoms. The van der Waals surface area contributed by atoms with Crippen LogP contribution >= 0.6 is 0 Å². The SMILES string of the molecule is CC(C)c1ccc(N(CCNC(=O)C(C)(C)C)S(C)(=O)=O)cc1. The first-order valence-electron chi connectivity index (χ1n) is 7.79. The fourth-order valence-electron chi connectivity index (χ4n) is 2.05. The predicted molar refractivity (Wildman–Crippen MR) is 95.2 cm³/mol. The summed E-state index contributed by atoms with van der Waals surface area (Å²) in [6.45, 7) is 10.1. The third-order valence-electron chi connectivity index (χ3n) is 3.53. The molecular weight excluding hydrogens is 312 g/mol. The minimum Gasteiger partial charge on any atom is -0.354 e. The summed E-state index contributed by atoms with van der Waals surface area (Å²) in [5, 5.41) is 2.78. The van der Waals surface area contributed by atoms with Crippen LogP contribution in [0.15, 0.2) is 24.3 Å². The highest BCUT2D eigenvalue weighted by Gasteiger charge is 2.22. The zero-order valence-corrected chi connectivity index (χ0v) is 15.7. The van der Waals surface area contributed by atoms with E-state index < -0.39 is 15.4 Å². The molecule has 0 fully saturated rings.